The van der Waals surface area contributed by atoms with Gasteiger partial charge in [0.15, 0.2) is 11.0 Å². The molecule has 4 nitrogen and oxygen atoms in total. The van der Waals surface area contributed by atoms with Crippen LogP contribution in [-0.2, 0) is 5.75 Å². The van der Waals surface area contributed by atoms with Crippen LogP contribution < -0.4 is 4.74 Å². The molecule has 0 aliphatic carbocycles. The molecule has 0 aliphatic rings. The molecule has 0 radical (unpaired) electrons. The molecule has 0 saturated heterocycles. The molecular formula is C25H21N3OS2. The van der Waals surface area contributed by atoms with Gasteiger partial charge in [-0.1, -0.05) is 66.4 Å². The predicted octanol–water partition coefficient (Wildman–Crippen LogP) is 6.76. The topological polar surface area (TPSA) is 39.9 Å². The fourth-order valence-electron chi connectivity index (χ4n) is 3.68. The third-order valence-corrected chi connectivity index (χ3v) is 7.03. The third-order valence-electron chi connectivity index (χ3n) is 5.19. The summed E-state index contributed by atoms with van der Waals surface area (Å²) >= 11 is 3.35. The normalized spacial score (nSPS) is 11.2. The van der Waals surface area contributed by atoms with Crippen LogP contribution in [0.3, 0.4) is 0 Å². The van der Waals surface area contributed by atoms with Crippen LogP contribution in [0.15, 0.2) is 83.3 Å². The van der Waals surface area contributed by atoms with Crippen LogP contribution in [0.4, 0.5) is 0 Å². The highest BCUT2D eigenvalue weighted by molar-refractivity contribution is 7.98. The first-order chi connectivity index (χ1) is 15.2. The number of thioether (sulfide) groups is 1. The molecule has 0 unspecified atom stereocenters. The highest BCUT2D eigenvalue weighted by Gasteiger charge is 2.20. The lowest BCUT2D eigenvalue weighted by atomic mass is 10.1. The van der Waals surface area contributed by atoms with E-state index < -0.39 is 0 Å². The molecule has 2 aromatic heterocycles. The van der Waals surface area contributed by atoms with Gasteiger partial charge in [0.1, 0.15) is 5.75 Å². The number of ether oxygens (including phenoxy) is 1. The Morgan fingerprint density at radius 2 is 1.84 bits per heavy atom. The maximum absolute atomic E-state index is 5.69. The van der Waals surface area contributed by atoms with Crippen molar-refractivity contribution in [1.29, 1.82) is 0 Å². The summed E-state index contributed by atoms with van der Waals surface area (Å²) in [6.07, 6.45) is 0. The first-order valence-electron chi connectivity index (χ1n) is 9.98. The Morgan fingerprint density at radius 1 is 0.968 bits per heavy atom. The van der Waals surface area contributed by atoms with Gasteiger partial charge in [-0.05, 0) is 52.4 Å². The lowest BCUT2D eigenvalue weighted by Gasteiger charge is -2.14. The Balaban J connectivity index is 1.59. The second-order valence-electron chi connectivity index (χ2n) is 7.22. The van der Waals surface area contributed by atoms with Gasteiger partial charge in [-0.15, -0.1) is 21.5 Å². The number of aryl methyl sites for hydroxylation is 1. The SMILES string of the molecule is COc1ccc(C)cc1-n1c(SCc2cccc3ccccc23)nnc1-c1cccs1. The quantitative estimate of drug-likeness (QED) is 0.272. The van der Waals surface area contributed by atoms with E-state index in [4.69, 9.17) is 4.74 Å². The van der Waals surface area contributed by atoms with Crippen molar-refractivity contribution >= 4 is 33.9 Å². The van der Waals surface area contributed by atoms with Crippen molar-refractivity contribution in [3.05, 3.63) is 89.3 Å². The Bertz CT molecular complexity index is 1340. The summed E-state index contributed by atoms with van der Waals surface area (Å²) in [4.78, 5) is 1.08. The summed E-state index contributed by atoms with van der Waals surface area (Å²) in [5.41, 5.74) is 3.40. The average molecular weight is 444 g/mol. The van der Waals surface area contributed by atoms with Crippen molar-refractivity contribution in [1.82, 2.24) is 14.8 Å². The Labute approximate surface area is 189 Å². The van der Waals surface area contributed by atoms with E-state index in [0.717, 1.165) is 38.6 Å². The zero-order valence-electron chi connectivity index (χ0n) is 17.3. The molecule has 0 atom stereocenters. The molecule has 0 aliphatic heterocycles. The van der Waals surface area contributed by atoms with Gasteiger partial charge >= 0.3 is 0 Å². The number of aromatic nitrogens is 3. The zero-order chi connectivity index (χ0) is 21.2. The van der Waals surface area contributed by atoms with Crippen LogP contribution in [0.2, 0.25) is 0 Å². The van der Waals surface area contributed by atoms with Gasteiger partial charge in [0.05, 0.1) is 17.7 Å². The molecule has 0 N–H and O–H groups in total. The van der Waals surface area contributed by atoms with Gasteiger partial charge in [0.2, 0.25) is 0 Å². The van der Waals surface area contributed by atoms with E-state index in [-0.39, 0.29) is 0 Å². The molecule has 5 aromatic rings. The van der Waals surface area contributed by atoms with Crippen LogP contribution in [0.1, 0.15) is 11.1 Å². The second-order valence-corrected chi connectivity index (χ2v) is 9.11. The summed E-state index contributed by atoms with van der Waals surface area (Å²) in [6.45, 7) is 2.08. The van der Waals surface area contributed by atoms with Crippen LogP contribution in [-0.4, -0.2) is 21.9 Å². The van der Waals surface area contributed by atoms with E-state index in [9.17, 15) is 0 Å². The lowest BCUT2D eigenvalue weighted by Crippen LogP contribution is -2.02. The molecule has 5 rings (SSSR count). The lowest BCUT2D eigenvalue weighted by molar-refractivity contribution is 0.412. The summed E-state index contributed by atoms with van der Waals surface area (Å²) in [6, 6.07) is 25.2. The van der Waals surface area contributed by atoms with E-state index in [1.807, 2.05) is 12.1 Å². The highest BCUT2D eigenvalue weighted by atomic mass is 32.2. The summed E-state index contributed by atoms with van der Waals surface area (Å²) in [7, 11) is 1.70. The van der Waals surface area contributed by atoms with Crippen molar-refractivity contribution in [2.24, 2.45) is 0 Å². The third kappa shape index (κ3) is 3.84. The molecule has 0 fully saturated rings. The maximum atomic E-state index is 5.69. The Kier molecular flexibility index (Phi) is 5.49. The molecule has 154 valence electrons. The highest BCUT2D eigenvalue weighted by Crippen LogP contribution is 2.36. The largest absolute Gasteiger partial charge is 0.495 e. The number of methoxy groups -OCH3 is 1. The smallest absolute Gasteiger partial charge is 0.196 e. The zero-order valence-corrected chi connectivity index (χ0v) is 18.9. The summed E-state index contributed by atoms with van der Waals surface area (Å²) < 4.78 is 7.81. The van der Waals surface area contributed by atoms with Crippen molar-refractivity contribution in [2.45, 2.75) is 17.8 Å². The molecule has 31 heavy (non-hydrogen) atoms. The van der Waals surface area contributed by atoms with Crippen molar-refractivity contribution in [3.8, 4) is 22.1 Å². The molecule has 0 spiro atoms. The second kappa shape index (κ2) is 8.57. The Morgan fingerprint density at radius 3 is 2.68 bits per heavy atom. The van der Waals surface area contributed by atoms with E-state index in [2.05, 4.69) is 87.7 Å². The van der Waals surface area contributed by atoms with Gasteiger partial charge in [-0.2, -0.15) is 0 Å². The van der Waals surface area contributed by atoms with Gasteiger partial charge < -0.3 is 4.74 Å². The molecular weight excluding hydrogens is 422 g/mol. The van der Waals surface area contributed by atoms with Crippen LogP contribution in [0.5, 0.6) is 5.75 Å². The predicted molar refractivity (Wildman–Crippen MR) is 129 cm³/mol. The maximum Gasteiger partial charge on any atom is 0.196 e. The average Bonchev–Trinajstić information content (AvgIpc) is 3.47. The van der Waals surface area contributed by atoms with E-state index in [1.54, 1.807) is 30.2 Å². The fourth-order valence-corrected chi connectivity index (χ4v) is 5.33. The van der Waals surface area contributed by atoms with Crippen molar-refractivity contribution in [3.63, 3.8) is 0 Å². The Hall–Kier alpha value is -3.09. The van der Waals surface area contributed by atoms with E-state index in [0.29, 0.717) is 0 Å². The number of benzene rings is 3. The van der Waals surface area contributed by atoms with Crippen LogP contribution >= 0.6 is 23.1 Å². The van der Waals surface area contributed by atoms with Crippen LogP contribution in [0.25, 0.3) is 27.2 Å². The fraction of sp³-hybridized carbons (Fsp3) is 0.120. The number of rotatable bonds is 6. The summed E-state index contributed by atoms with van der Waals surface area (Å²) in [5.74, 6) is 2.44. The van der Waals surface area contributed by atoms with Gasteiger partial charge in [-0.25, -0.2) is 0 Å². The number of nitrogens with zero attached hydrogens (tertiary/aromatic N) is 3. The van der Waals surface area contributed by atoms with Gasteiger partial charge in [-0.3, -0.25) is 4.57 Å². The van der Waals surface area contributed by atoms with Gasteiger partial charge in [0.25, 0.3) is 0 Å². The number of hydrogen-bond acceptors (Lipinski definition) is 5. The molecule has 3 aromatic carbocycles. The molecule has 2 heterocycles. The minimum absolute atomic E-state index is 0.801. The van der Waals surface area contributed by atoms with E-state index >= 15 is 0 Å². The monoisotopic (exact) mass is 443 g/mol. The van der Waals surface area contributed by atoms with E-state index in [1.165, 1.54) is 16.3 Å². The van der Waals surface area contributed by atoms with Crippen molar-refractivity contribution in [2.75, 3.05) is 7.11 Å². The minimum Gasteiger partial charge on any atom is -0.495 e. The van der Waals surface area contributed by atoms with Crippen molar-refractivity contribution < 1.29 is 4.74 Å². The summed E-state index contributed by atoms with van der Waals surface area (Å²) in [5, 5.41) is 14.6. The number of thiophene rings is 1. The molecule has 6 heteroatoms. The number of hydrogen-bond donors (Lipinski definition) is 0. The molecule has 0 amide bonds. The minimum atomic E-state index is 0.801. The first-order valence-corrected chi connectivity index (χ1v) is 11.8. The molecule has 0 bridgehead atoms. The first kappa shape index (κ1) is 19.8. The van der Waals surface area contributed by atoms with Gasteiger partial charge in [0, 0.05) is 5.75 Å². The standard InChI is InChI=1S/C25H21N3OS2/c1-17-12-13-22(29-2)21(15-17)28-24(23-11-6-14-30-23)26-27-25(28)31-16-19-9-5-8-18-7-3-4-10-20(18)19/h3-15H,16H2,1-2H3. The van der Waals surface area contributed by atoms with Crippen LogP contribution in [0, 0.1) is 6.92 Å². The molecule has 0 saturated carbocycles. The number of fused-ring (bicyclic) bond motifs is 1.